The monoisotopic (exact) mass is 588 g/mol. The molecule has 0 saturated heterocycles. The summed E-state index contributed by atoms with van der Waals surface area (Å²) in [5.74, 6) is 0. The molecular weight excluding hydrogens is 561 g/mol. The minimum absolute atomic E-state index is 0.327. The van der Waals surface area contributed by atoms with Crippen LogP contribution in [0.5, 0.6) is 0 Å². The van der Waals surface area contributed by atoms with Crippen molar-refractivity contribution in [2.45, 2.75) is 12.3 Å². The SMILES string of the molecule is Cc1cc(-c2ccc3sc4ccccc4c3c2)cc(-c2cccc3c2-c2ccccc2C32c3ccccc3-c3ccccc32)c1. The predicted molar refractivity (Wildman–Crippen MR) is 191 cm³/mol. The van der Waals surface area contributed by atoms with Crippen molar-refractivity contribution < 1.29 is 0 Å². The average molecular weight is 589 g/mol. The standard InChI is InChI=1S/C44H28S/c1-27-23-29(28-21-22-42-36(26-28)34-13-5-9-20-41(34)45-42)25-30(24-27)31-15-10-19-40-43(31)35-14-4-8-18-39(35)44(40)37-16-6-2-11-32(37)33-12-3-7-17-38(33)44/h2-26H,1H3. The van der Waals surface area contributed by atoms with Crippen molar-refractivity contribution in [2.75, 3.05) is 0 Å². The molecule has 0 saturated carbocycles. The molecule has 1 spiro atoms. The number of rotatable bonds is 2. The van der Waals surface area contributed by atoms with Crippen LogP contribution in [-0.2, 0) is 5.41 Å². The first-order valence-electron chi connectivity index (χ1n) is 15.7. The van der Waals surface area contributed by atoms with Crippen LogP contribution in [0.1, 0.15) is 27.8 Å². The summed E-state index contributed by atoms with van der Waals surface area (Å²) in [6, 6.07) is 57.0. The third kappa shape index (κ3) is 3.31. The lowest BCUT2D eigenvalue weighted by Gasteiger charge is -2.30. The van der Waals surface area contributed by atoms with Crippen molar-refractivity contribution in [2.24, 2.45) is 0 Å². The van der Waals surface area contributed by atoms with E-state index in [1.54, 1.807) is 0 Å². The first-order valence-corrected chi connectivity index (χ1v) is 16.5. The summed E-state index contributed by atoms with van der Waals surface area (Å²) in [5.41, 5.74) is 16.9. The Balaban J connectivity index is 1.22. The van der Waals surface area contributed by atoms with Gasteiger partial charge in [-0.05, 0) is 104 Å². The third-order valence-electron chi connectivity index (χ3n) is 10.1. The Hall–Kier alpha value is -5.24. The second kappa shape index (κ2) is 9.14. The molecule has 1 aromatic heterocycles. The van der Waals surface area contributed by atoms with E-state index in [-0.39, 0.29) is 5.41 Å². The molecule has 0 fully saturated rings. The summed E-state index contributed by atoms with van der Waals surface area (Å²) in [6.45, 7) is 2.23. The van der Waals surface area contributed by atoms with Gasteiger partial charge < -0.3 is 0 Å². The zero-order valence-corrected chi connectivity index (χ0v) is 25.7. The minimum Gasteiger partial charge on any atom is -0.135 e. The number of hydrogen-bond donors (Lipinski definition) is 0. The summed E-state index contributed by atoms with van der Waals surface area (Å²) in [5, 5.41) is 2.68. The van der Waals surface area contributed by atoms with E-state index in [4.69, 9.17) is 0 Å². The molecule has 10 rings (SSSR count). The molecule has 7 aromatic carbocycles. The molecule has 0 bridgehead atoms. The highest BCUT2D eigenvalue weighted by molar-refractivity contribution is 7.25. The van der Waals surface area contributed by atoms with Crippen molar-refractivity contribution >= 4 is 31.5 Å². The maximum absolute atomic E-state index is 2.41. The molecule has 2 aliphatic carbocycles. The van der Waals surface area contributed by atoms with Crippen molar-refractivity contribution in [3.8, 4) is 44.5 Å². The normalized spacial score (nSPS) is 13.6. The Morgan fingerprint density at radius 2 is 0.978 bits per heavy atom. The molecule has 0 atom stereocenters. The highest BCUT2D eigenvalue weighted by Crippen LogP contribution is 2.63. The fraction of sp³-hybridized carbons (Fsp3) is 0.0455. The molecule has 0 nitrogen and oxygen atoms in total. The van der Waals surface area contributed by atoms with Gasteiger partial charge in [0.2, 0.25) is 0 Å². The van der Waals surface area contributed by atoms with Crippen LogP contribution in [0.2, 0.25) is 0 Å². The van der Waals surface area contributed by atoms with E-state index in [1.807, 2.05) is 11.3 Å². The van der Waals surface area contributed by atoms with E-state index in [0.29, 0.717) is 0 Å². The quantitative estimate of drug-likeness (QED) is 0.188. The maximum atomic E-state index is 2.41. The molecule has 0 unspecified atom stereocenters. The van der Waals surface area contributed by atoms with Gasteiger partial charge in [-0.2, -0.15) is 0 Å². The fourth-order valence-corrected chi connectivity index (χ4v) is 9.48. The summed E-state index contributed by atoms with van der Waals surface area (Å²) in [7, 11) is 0. The Kier molecular flexibility index (Phi) is 5.10. The van der Waals surface area contributed by atoms with Gasteiger partial charge in [0.25, 0.3) is 0 Å². The lowest BCUT2D eigenvalue weighted by molar-refractivity contribution is 0.794. The lowest BCUT2D eigenvalue weighted by Crippen LogP contribution is -2.25. The highest BCUT2D eigenvalue weighted by Gasteiger charge is 2.51. The lowest BCUT2D eigenvalue weighted by atomic mass is 9.70. The van der Waals surface area contributed by atoms with Crippen LogP contribution >= 0.6 is 11.3 Å². The Morgan fingerprint density at radius 3 is 1.76 bits per heavy atom. The summed E-state index contributed by atoms with van der Waals surface area (Å²) >= 11 is 1.88. The second-order valence-electron chi connectivity index (χ2n) is 12.5. The van der Waals surface area contributed by atoms with Crippen LogP contribution in [0.15, 0.2) is 152 Å². The van der Waals surface area contributed by atoms with Gasteiger partial charge in [0.05, 0.1) is 5.41 Å². The number of benzene rings is 7. The minimum atomic E-state index is -0.327. The third-order valence-corrected chi connectivity index (χ3v) is 11.3. The van der Waals surface area contributed by atoms with Crippen molar-refractivity contribution in [3.05, 3.63) is 179 Å². The van der Waals surface area contributed by atoms with Gasteiger partial charge in [-0.15, -0.1) is 11.3 Å². The molecule has 8 aromatic rings. The zero-order chi connectivity index (χ0) is 29.7. The molecule has 0 radical (unpaired) electrons. The Morgan fingerprint density at radius 1 is 0.400 bits per heavy atom. The van der Waals surface area contributed by atoms with E-state index in [2.05, 4.69) is 159 Å². The van der Waals surface area contributed by atoms with Crippen LogP contribution in [0, 0.1) is 6.92 Å². The van der Waals surface area contributed by atoms with Crippen LogP contribution < -0.4 is 0 Å². The molecule has 0 N–H and O–H groups in total. The average Bonchev–Trinajstić information content (AvgIpc) is 3.72. The fourth-order valence-electron chi connectivity index (χ4n) is 8.40. The maximum Gasteiger partial charge on any atom is 0.0725 e. The molecule has 1 heterocycles. The summed E-state index contributed by atoms with van der Waals surface area (Å²) in [4.78, 5) is 0. The molecule has 210 valence electrons. The first kappa shape index (κ1) is 25.1. The number of aryl methyl sites for hydroxylation is 1. The molecule has 2 aliphatic rings. The van der Waals surface area contributed by atoms with E-state index in [1.165, 1.54) is 92.5 Å². The van der Waals surface area contributed by atoms with Gasteiger partial charge in [-0.1, -0.05) is 127 Å². The Bertz CT molecular complexity index is 2460. The molecule has 0 aliphatic heterocycles. The van der Waals surface area contributed by atoms with Crippen molar-refractivity contribution in [3.63, 3.8) is 0 Å². The smallest absolute Gasteiger partial charge is 0.0725 e. The predicted octanol–water partition coefficient (Wildman–Crippen LogP) is 12.0. The highest BCUT2D eigenvalue weighted by atomic mass is 32.1. The van der Waals surface area contributed by atoms with Gasteiger partial charge in [0.1, 0.15) is 0 Å². The van der Waals surface area contributed by atoms with Crippen LogP contribution in [0.3, 0.4) is 0 Å². The molecule has 45 heavy (non-hydrogen) atoms. The van der Waals surface area contributed by atoms with Crippen molar-refractivity contribution in [1.29, 1.82) is 0 Å². The van der Waals surface area contributed by atoms with Crippen LogP contribution in [0.4, 0.5) is 0 Å². The number of hydrogen-bond acceptors (Lipinski definition) is 1. The zero-order valence-electron chi connectivity index (χ0n) is 24.8. The van der Waals surface area contributed by atoms with Crippen LogP contribution in [-0.4, -0.2) is 0 Å². The number of thiophene rings is 1. The van der Waals surface area contributed by atoms with Gasteiger partial charge in [0.15, 0.2) is 0 Å². The van der Waals surface area contributed by atoms with Crippen molar-refractivity contribution in [1.82, 2.24) is 0 Å². The van der Waals surface area contributed by atoms with Gasteiger partial charge in [-0.3, -0.25) is 0 Å². The molecule has 0 amide bonds. The first-order chi connectivity index (χ1) is 22.2. The van der Waals surface area contributed by atoms with E-state index in [9.17, 15) is 0 Å². The van der Waals surface area contributed by atoms with E-state index in [0.717, 1.165) is 0 Å². The van der Waals surface area contributed by atoms with E-state index >= 15 is 0 Å². The van der Waals surface area contributed by atoms with Crippen LogP contribution in [0.25, 0.3) is 64.7 Å². The summed E-state index contributed by atoms with van der Waals surface area (Å²) in [6.07, 6.45) is 0. The van der Waals surface area contributed by atoms with Gasteiger partial charge >= 0.3 is 0 Å². The topological polar surface area (TPSA) is 0 Å². The largest absolute Gasteiger partial charge is 0.135 e. The molecule has 1 heteroatoms. The van der Waals surface area contributed by atoms with Gasteiger partial charge in [-0.25, -0.2) is 0 Å². The van der Waals surface area contributed by atoms with Gasteiger partial charge in [0, 0.05) is 20.2 Å². The molecular formula is C44H28S. The second-order valence-corrected chi connectivity index (χ2v) is 13.6. The number of fused-ring (bicyclic) bond motifs is 13. The Labute approximate surface area is 266 Å². The van der Waals surface area contributed by atoms with E-state index < -0.39 is 0 Å². The summed E-state index contributed by atoms with van der Waals surface area (Å²) < 4.78 is 2.69.